The summed E-state index contributed by atoms with van der Waals surface area (Å²) >= 11 is 0. The second kappa shape index (κ2) is 3.16. The molecule has 11 heavy (non-hydrogen) atoms. The van der Waals surface area contributed by atoms with E-state index >= 15 is 0 Å². The van der Waals surface area contributed by atoms with Gasteiger partial charge in [0.2, 0.25) is 0 Å². The van der Waals surface area contributed by atoms with E-state index < -0.39 is 10.4 Å². The van der Waals surface area contributed by atoms with Gasteiger partial charge in [-0.1, -0.05) is 0 Å². The van der Waals surface area contributed by atoms with Gasteiger partial charge in [0.15, 0.2) is 0 Å². The van der Waals surface area contributed by atoms with Crippen molar-refractivity contribution in [3.8, 4) is 0 Å². The minimum atomic E-state index is -4.31. The summed E-state index contributed by atoms with van der Waals surface area (Å²) in [7, 11) is -4.31. The van der Waals surface area contributed by atoms with E-state index in [1.54, 1.807) is 0 Å². The second-order valence-corrected chi connectivity index (χ2v) is 3.10. The number of rotatable bonds is 3. The van der Waals surface area contributed by atoms with E-state index in [-0.39, 0.29) is 6.73 Å². The van der Waals surface area contributed by atoms with Gasteiger partial charge in [0, 0.05) is 6.54 Å². The Hall–Kier alpha value is -0.660. The van der Waals surface area contributed by atoms with Crippen LogP contribution >= 0.6 is 0 Å². The van der Waals surface area contributed by atoms with Crippen LogP contribution in [-0.2, 0) is 14.6 Å². The van der Waals surface area contributed by atoms with Crippen molar-refractivity contribution in [2.24, 2.45) is 4.99 Å². The summed E-state index contributed by atoms with van der Waals surface area (Å²) < 4.78 is 32.3. The van der Waals surface area contributed by atoms with Crippen molar-refractivity contribution in [3.63, 3.8) is 0 Å². The van der Waals surface area contributed by atoms with E-state index in [9.17, 15) is 8.42 Å². The number of hydrogen-bond donors (Lipinski definition) is 1. The third-order valence-corrected chi connectivity index (χ3v) is 1.53. The van der Waals surface area contributed by atoms with Crippen molar-refractivity contribution >= 4 is 16.7 Å². The quantitative estimate of drug-likeness (QED) is 0.570. The lowest BCUT2D eigenvalue weighted by Crippen LogP contribution is -2.24. The Balaban J connectivity index is 2.28. The van der Waals surface area contributed by atoms with Gasteiger partial charge in [-0.15, -0.1) is 0 Å². The Kier molecular flexibility index (Phi) is 2.42. The van der Waals surface area contributed by atoms with Gasteiger partial charge in [-0.25, -0.2) is 4.18 Å². The minimum Gasteiger partial charge on any atom is -0.337 e. The van der Waals surface area contributed by atoms with E-state index in [2.05, 4.69) is 9.18 Å². The molecule has 0 radical (unpaired) electrons. The summed E-state index contributed by atoms with van der Waals surface area (Å²) in [6, 6.07) is 0. The van der Waals surface area contributed by atoms with Gasteiger partial charge in [-0.2, -0.15) is 8.42 Å². The fraction of sp³-hybridized carbons (Fsp3) is 0.750. The van der Waals surface area contributed by atoms with Crippen molar-refractivity contribution in [1.29, 1.82) is 0 Å². The third kappa shape index (κ3) is 3.30. The van der Waals surface area contributed by atoms with Gasteiger partial charge < -0.3 is 4.90 Å². The summed E-state index contributed by atoms with van der Waals surface area (Å²) in [6.07, 6.45) is 1.48. The molecule has 1 rings (SSSR count). The molecule has 0 fully saturated rings. The van der Waals surface area contributed by atoms with Gasteiger partial charge in [0.1, 0.15) is 6.73 Å². The molecule has 0 aromatic heterocycles. The fourth-order valence-electron chi connectivity index (χ4n) is 0.649. The van der Waals surface area contributed by atoms with E-state index in [0.717, 1.165) is 0 Å². The third-order valence-electron chi connectivity index (χ3n) is 1.13. The predicted molar refractivity (Wildman–Crippen MR) is 37.6 cm³/mol. The first-order valence-electron chi connectivity index (χ1n) is 2.94. The molecule has 7 heteroatoms. The topological polar surface area (TPSA) is 79.2 Å². The fourth-order valence-corrected chi connectivity index (χ4v) is 0.918. The first kappa shape index (κ1) is 8.44. The van der Waals surface area contributed by atoms with Crippen molar-refractivity contribution in [2.45, 2.75) is 0 Å². The van der Waals surface area contributed by atoms with Crippen LogP contribution < -0.4 is 0 Å². The zero-order chi connectivity index (χ0) is 8.32. The maximum atomic E-state index is 10.1. The lowest BCUT2D eigenvalue weighted by Gasteiger charge is -2.10. The van der Waals surface area contributed by atoms with Crippen LogP contribution in [0.3, 0.4) is 0 Å². The second-order valence-electron chi connectivity index (χ2n) is 2.01. The highest BCUT2D eigenvalue weighted by Gasteiger charge is 2.09. The van der Waals surface area contributed by atoms with Crippen LogP contribution in [0.2, 0.25) is 0 Å². The molecule has 1 heterocycles. The number of hydrogen-bond acceptors (Lipinski definition) is 5. The van der Waals surface area contributed by atoms with Gasteiger partial charge >= 0.3 is 10.4 Å². The van der Waals surface area contributed by atoms with E-state index in [4.69, 9.17) is 4.55 Å². The Bertz CT molecular complexity index is 247. The molecule has 0 spiro atoms. The van der Waals surface area contributed by atoms with Gasteiger partial charge in [-0.05, 0) is 0 Å². The van der Waals surface area contributed by atoms with E-state index in [1.165, 1.54) is 11.2 Å². The van der Waals surface area contributed by atoms with Crippen LogP contribution in [0.1, 0.15) is 0 Å². The summed E-state index contributed by atoms with van der Waals surface area (Å²) in [6.45, 7) is 1.08. The minimum absolute atomic E-state index is 0.178. The molecule has 0 aromatic rings. The molecular formula is C4H8N2O4S. The SMILES string of the molecule is O=S(=O)(O)OCN1C=NCC1. The molecule has 1 N–H and O–H groups in total. The zero-order valence-electron chi connectivity index (χ0n) is 5.67. The molecule has 0 atom stereocenters. The maximum absolute atomic E-state index is 10.1. The van der Waals surface area contributed by atoms with Crippen LogP contribution in [0.15, 0.2) is 4.99 Å². The monoisotopic (exact) mass is 180 g/mol. The average Bonchev–Trinajstić information content (AvgIpc) is 2.32. The Morgan fingerprint density at radius 1 is 1.73 bits per heavy atom. The van der Waals surface area contributed by atoms with Gasteiger partial charge in [-0.3, -0.25) is 9.55 Å². The van der Waals surface area contributed by atoms with Crippen LogP contribution in [0.4, 0.5) is 0 Å². The van der Waals surface area contributed by atoms with Crippen molar-refractivity contribution in [3.05, 3.63) is 0 Å². The highest BCUT2D eigenvalue weighted by molar-refractivity contribution is 7.80. The Labute approximate surface area is 64.4 Å². The molecule has 1 aliphatic heterocycles. The van der Waals surface area contributed by atoms with Crippen LogP contribution in [0.5, 0.6) is 0 Å². The van der Waals surface area contributed by atoms with Crippen molar-refractivity contribution < 1.29 is 17.2 Å². The molecule has 0 unspecified atom stereocenters. The molecule has 64 valence electrons. The molecular weight excluding hydrogens is 172 g/mol. The lowest BCUT2D eigenvalue weighted by molar-refractivity contribution is 0.187. The van der Waals surface area contributed by atoms with Crippen LogP contribution in [0, 0.1) is 0 Å². The number of aliphatic imine (C=N–C) groups is 1. The smallest absolute Gasteiger partial charge is 0.337 e. The summed E-state index contributed by atoms with van der Waals surface area (Å²) in [5.74, 6) is 0. The lowest BCUT2D eigenvalue weighted by atomic mass is 10.6. The standard InChI is InChI=1S/C4H8N2O4S/c7-11(8,9)10-4-6-2-1-5-3-6/h3H,1-2,4H2,(H,7,8,9). The molecule has 0 saturated heterocycles. The summed E-state index contributed by atoms with van der Waals surface area (Å²) in [4.78, 5) is 5.35. The number of nitrogens with zero attached hydrogens (tertiary/aromatic N) is 2. The highest BCUT2D eigenvalue weighted by atomic mass is 32.3. The maximum Gasteiger partial charge on any atom is 0.399 e. The van der Waals surface area contributed by atoms with Crippen LogP contribution in [0.25, 0.3) is 0 Å². The Morgan fingerprint density at radius 2 is 2.45 bits per heavy atom. The first-order chi connectivity index (χ1) is 5.08. The molecule has 0 amide bonds. The molecule has 1 aliphatic rings. The van der Waals surface area contributed by atoms with Crippen molar-refractivity contribution in [1.82, 2.24) is 4.90 Å². The Morgan fingerprint density at radius 3 is 2.91 bits per heavy atom. The largest absolute Gasteiger partial charge is 0.399 e. The average molecular weight is 180 g/mol. The first-order valence-corrected chi connectivity index (χ1v) is 4.30. The molecule has 6 nitrogen and oxygen atoms in total. The van der Waals surface area contributed by atoms with Crippen molar-refractivity contribution in [2.75, 3.05) is 19.8 Å². The summed E-state index contributed by atoms with van der Waals surface area (Å²) in [5, 5.41) is 0. The molecule has 0 aliphatic carbocycles. The summed E-state index contributed by atoms with van der Waals surface area (Å²) in [5.41, 5.74) is 0. The predicted octanol–water partition coefficient (Wildman–Crippen LogP) is -0.893. The van der Waals surface area contributed by atoms with Gasteiger partial charge in [0.05, 0.1) is 12.9 Å². The van der Waals surface area contributed by atoms with Crippen LogP contribution in [-0.4, -0.2) is 44.0 Å². The van der Waals surface area contributed by atoms with E-state index in [1.807, 2.05) is 0 Å². The molecule has 0 bridgehead atoms. The zero-order valence-corrected chi connectivity index (χ0v) is 6.49. The molecule has 0 aromatic carbocycles. The molecule has 0 saturated carbocycles. The van der Waals surface area contributed by atoms with E-state index in [0.29, 0.717) is 13.1 Å². The normalized spacial score (nSPS) is 17.7. The van der Waals surface area contributed by atoms with Gasteiger partial charge in [0.25, 0.3) is 0 Å². The highest BCUT2D eigenvalue weighted by Crippen LogP contribution is 1.95.